The number of pyridine rings is 3. The number of nitrogens with two attached hydrogens (primary N) is 1. The summed E-state index contributed by atoms with van der Waals surface area (Å²) in [5.41, 5.74) is 32.9. The molecule has 25 nitrogen and oxygen atoms in total. The predicted molar refractivity (Wildman–Crippen MR) is 511 cm³/mol. The van der Waals surface area contributed by atoms with Crippen LogP contribution in [0.5, 0.6) is 0 Å². The fraction of sp³-hybridized carbons (Fsp3) is 0.181. The van der Waals surface area contributed by atoms with E-state index >= 15 is 0 Å². The lowest BCUT2D eigenvalue weighted by molar-refractivity contribution is 0.425. The zero-order valence-corrected chi connectivity index (χ0v) is 74.4. The van der Waals surface area contributed by atoms with Crippen LogP contribution in [-0.4, -0.2) is 136 Å². The predicted octanol–water partition coefficient (Wildman–Crippen LogP) is 19.3. The Morgan fingerprint density at radius 3 is 1.17 bits per heavy atom. The molecule has 0 aliphatic heterocycles. The minimum atomic E-state index is -1.41. The monoisotopic (exact) mass is 1830 g/mol. The number of H-pyrrole nitrogens is 4. The standard InChI is InChI=1S/C25H26N6.C25H24N6.C19H18BrN5.C10H12N2.C9H7Br2N3.C6H8BNO2/c2*1-16(2)23-14-29-25-24(27-9-8-18-13-28-21-7-5-4-6-20(18)21)30-22(15-31(23)25)19-10-17(3)11-26-12-19;1-12(2)16-10-23-19-18(24-17(20)11-25(16)19)21-8-7-13-9-22-15-6-4-3-5-14(13)15;11-6-5-8-7-12-10-4-2-1-3-9(8)10;1-5(2)6-3-12-9-8(11)13-7(10)4-14(6)9;1-5-2-6(7(9)10)4-8-3-5/h4-7,10-16,28H,8-9H2,1-3H3,(H,27,30);4-7,10-15,28H,1,8-9H2,2-3H3,(H,27,30);3-6,9-11,22H,1,7-8H2,2H3,(H,21,24);1-4,7,12H,5-6,11H2;3-4H,1H2,2H3;2-4,9-10H,1H3. The van der Waals surface area contributed by atoms with Crippen LogP contribution in [0, 0.1) is 20.8 Å². The molecule has 19 aromatic rings. The van der Waals surface area contributed by atoms with Gasteiger partial charge >= 0.3 is 7.12 Å². The fourth-order valence-electron chi connectivity index (χ4n) is 14.5. The third-order valence-electron chi connectivity index (χ3n) is 20.5. The van der Waals surface area contributed by atoms with Gasteiger partial charge in [-0.15, -0.1) is 0 Å². The molecule has 0 aliphatic carbocycles. The van der Waals surface area contributed by atoms with Crippen LogP contribution in [0.4, 0.5) is 17.5 Å². The molecule has 11 N–H and O–H groups in total. The van der Waals surface area contributed by atoms with Crippen LogP contribution in [0.15, 0.2) is 260 Å². The number of rotatable bonds is 21. The van der Waals surface area contributed by atoms with Crippen LogP contribution in [0.25, 0.3) is 105 Å². The average Bonchev–Trinajstić information content (AvgIpc) is 1.67. The number of nitrogens with one attached hydrogen (secondary N) is 7. The maximum Gasteiger partial charge on any atom is 0.490 e. The fourth-order valence-corrected chi connectivity index (χ4v) is 15.9. The van der Waals surface area contributed by atoms with E-state index in [0.717, 1.165) is 178 Å². The summed E-state index contributed by atoms with van der Waals surface area (Å²) in [6.45, 7) is 31.2. The van der Waals surface area contributed by atoms with Gasteiger partial charge in [0.1, 0.15) is 9.21 Å². The van der Waals surface area contributed by atoms with Crippen LogP contribution in [-0.2, 0) is 25.7 Å². The summed E-state index contributed by atoms with van der Waals surface area (Å²) < 4.78 is 10.4. The van der Waals surface area contributed by atoms with E-state index in [0.29, 0.717) is 17.9 Å². The maximum atomic E-state index is 8.66. The van der Waals surface area contributed by atoms with Crippen molar-refractivity contribution < 1.29 is 10.0 Å². The van der Waals surface area contributed by atoms with Crippen molar-refractivity contribution in [1.29, 1.82) is 0 Å². The van der Waals surface area contributed by atoms with Gasteiger partial charge in [0.05, 0.1) is 47.1 Å². The summed E-state index contributed by atoms with van der Waals surface area (Å²) in [5, 5.41) is 32.9. The minimum absolute atomic E-state index is 0.361. The molecule has 0 atom stereocenters. The highest BCUT2D eigenvalue weighted by Gasteiger charge is 2.20. The van der Waals surface area contributed by atoms with Gasteiger partial charge in [0.25, 0.3) is 0 Å². The highest BCUT2D eigenvalue weighted by atomic mass is 79.9. The first-order valence-corrected chi connectivity index (χ1v) is 42.6. The number of hydrogen-bond acceptors (Lipinski definition) is 17. The molecule has 4 aromatic carbocycles. The number of nitrogens with zero attached hydrogens (tertiary/aromatic N) is 15. The Morgan fingerprint density at radius 1 is 0.431 bits per heavy atom. The Morgan fingerprint density at radius 2 is 0.780 bits per heavy atom. The van der Waals surface area contributed by atoms with Crippen molar-refractivity contribution >= 4 is 161 Å². The quantitative estimate of drug-likeness (QED) is 0.0299. The number of para-hydroxylation sites is 4. The normalized spacial score (nSPS) is 11.1. The summed E-state index contributed by atoms with van der Waals surface area (Å²) in [6, 6.07) is 39.3. The van der Waals surface area contributed by atoms with Gasteiger partial charge in [0, 0.05) is 178 Å². The van der Waals surface area contributed by atoms with Gasteiger partial charge in [-0.2, -0.15) is 0 Å². The van der Waals surface area contributed by atoms with Crippen molar-refractivity contribution in [3.05, 3.63) is 322 Å². The second-order valence-corrected chi connectivity index (χ2v) is 32.7. The molecule has 0 bridgehead atoms. The molecule has 19 rings (SSSR count). The molecule has 0 unspecified atom stereocenters. The van der Waals surface area contributed by atoms with Crippen molar-refractivity contribution in [3.63, 3.8) is 0 Å². The Balaban J connectivity index is 0.000000126. The molecule has 0 spiro atoms. The Bertz CT molecular complexity index is 6970. The van der Waals surface area contributed by atoms with Crippen molar-refractivity contribution in [2.75, 3.05) is 42.1 Å². The average molecular weight is 1830 g/mol. The minimum Gasteiger partial charge on any atom is -0.423 e. The Hall–Kier alpha value is -13.0. The van der Waals surface area contributed by atoms with E-state index in [9.17, 15) is 0 Å². The summed E-state index contributed by atoms with van der Waals surface area (Å²) in [4.78, 5) is 62.3. The van der Waals surface area contributed by atoms with E-state index in [4.69, 9.17) is 25.7 Å². The number of benzene rings is 4. The number of anilines is 3. The topological polar surface area (TPSA) is 325 Å². The number of allylic oxidation sites excluding steroid dienone is 3. The number of aromatic amines is 4. The lowest BCUT2D eigenvalue weighted by Gasteiger charge is -2.12. The van der Waals surface area contributed by atoms with Crippen molar-refractivity contribution in [2.24, 2.45) is 5.73 Å². The summed E-state index contributed by atoms with van der Waals surface area (Å²) in [7, 11) is -1.41. The first-order chi connectivity index (χ1) is 59.5. The zero-order valence-electron chi connectivity index (χ0n) is 69.6. The van der Waals surface area contributed by atoms with Crippen molar-refractivity contribution in [3.8, 4) is 22.5 Å². The second kappa shape index (κ2) is 39.7. The van der Waals surface area contributed by atoms with Crippen molar-refractivity contribution in [2.45, 2.75) is 87.0 Å². The van der Waals surface area contributed by atoms with Crippen LogP contribution in [0.1, 0.15) is 102 Å². The molecule has 0 fully saturated rings. The van der Waals surface area contributed by atoms with E-state index in [1.807, 2.05) is 137 Å². The van der Waals surface area contributed by atoms with Crippen molar-refractivity contribution in [1.82, 2.24) is 92.4 Å². The van der Waals surface area contributed by atoms with Crippen LogP contribution >= 0.6 is 47.8 Å². The molecule has 0 radical (unpaired) electrons. The molecular formula is C94H95BBr3N23O2. The Kier molecular flexibility index (Phi) is 27.8. The molecule has 15 heterocycles. The van der Waals surface area contributed by atoms with E-state index in [1.54, 1.807) is 18.5 Å². The highest BCUT2D eigenvalue weighted by molar-refractivity contribution is 9.11. The molecule has 29 heteroatoms. The summed E-state index contributed by atoms with van der Waals surface area (Å²) >= 11 is 10.2. The Labute approximate surface area is 737 Å². The third kappa shape index (κ3) is 20.6. The van der Waals surface area contributed by atoms with Gasteiger partial charge in [0.15, 0.2) is 44.6 Å². The van der Waals surface area contributed by atoms with Gasteiger partial charge in [-0.1, -0.05) is 112 Å². The number of fused-ring (bicyclic) bond motifs is 8. The lowest BCUT2D eigenvalue weighted by Crippen LogP contribution is -2.30. The molecule has 0 amide bonds. The van der Waals surface area contributed by atoms with E-state index in [1.165, 1.54) is 72.2 Å². The zero-order chi connectivity index (χ0) is 86.4. The lowest BCUT2D eigenvalue weighted by atomic mass is 9.81. The van der Waals surface area contributed by atoms with Gasteiger partial charge in [-0.3, -0.25) is 32.6 Å². The molecule has 0 saturated heterocycles. The SMILES string of the molecule is C=C(C)c1cnc2c(Br)nc(Br)cn12.C=C(C)c1cnc2c(NCCc3c[nH]c4ccccc34)nc(-c3cncc(C)c3)cn12.C=C(C)c1cnc2c(NCCc3c[nH]c4ccccc34)nc(Br)cn12.Cc1cncc(-c2cn3c(C(C)C)cnc3c(NCCc3c[nH]c4ccccc34)n2)c1.Cc1cncc(B(O)O)c1.NCCc1c[nH]c2ccccc12. The molecule has 0 saturated carbocycles. The third-order valence-corrected chi connectivity index (χ3v) is 21.8. The van der Waals surface area contributed by atoms with Crippen LogP contribution < -0.4 is 27.1 Å². The van der Waals surface area contributed by atoms with Gasteiger partial charge in [-0.05, 0) is 220 Å². The number of hydrogen-bond donors (Lipinski definition) is 10. The summed E-state index contributed by atoms with van der Waals surface area (Å²) in [5.74, 6) is 2.68. The maximum absolute atomic E-state index is 8.66. The smallest absolute Gasteiger partial charge is 0.423 e. The number of aromatic nitrogens is 19. The first kappa shape index (κ1) is 86.4. The van der Waals surface area contributed by atoms with E-state index < -0.39 is 7.12 Å². The van der Waals surface area contributed by atoms with Gasteiger partial charge in [-0.25, -0.2) is 39.9 Å². The number of halogens is 3. The molecular weight excluding hydrogens is 1730 g/mol. The number of imidazole rings is 4. The van der Waals surface area contributed by atoms with Gasteiger partial charge in [0.2, 0.25) is 0 Å². The summed E-state index contributed by atoms with van der Waals surface area (Å²) in [6.07, 6.45) is 37.7. The van der Waals surface area contributed by atoms with E-state index in [-0.39, 0.29) is 0 Å². The molecule has 622 valence electrons. The molecule has 15 aromatic heterocycles. The molecule has 123 heavy (non-hydrogen) atoms. The van der Waals surface area contributed by atoms with Gasteiger partial charge < -0.3 is 51.7 Å². The van der Waals surface area contributed by atoms with Crippen LogP contribution in [0.3, 0.4) is 0 Å². The largest absolute Gasteiger partial charge is 0.490 e. The van der Waals surface area contributed by atoms with Crippen LogP contribution in [0.2, 0.25) is 0 Å². The number of aryl methyl sites for hydroxylation is 3. The van der Waals surface area contributed by atoms with E-state index in [2.05, 4.69) is 287 Å². The second-order valence-electron chi connectivity index (χ2n) is 30.3. The first-order valence-electron chi connectivity index (χ1n) is 40.2. The molecule has 0 aliphatic rings. The highest BCUT2D eigenvalue weighted by Crippen LogP contribution is 2.32.